The first-order valence-electron chi connectivity index (χ1n) is 6.03. The zero-order valence-corrected chi connectivity index (χ0v) is 11.7. The molecule has 1 rings (SSSR count). The van der Waals surface area contributed by atoms with Crippen molar-refractivity contribution in [1.82, 2.24) is 10.3 Å². The zero-order chi connectivity index (χ0) is 12.7. The normalized spacial score (nSPS) is 12.5. The molecule has 0 spiro atoms. The minimum atomic E-state index is 0.409. The van der Waals surface area contributed by atoms with Gasteiger partial charge in [0.25, 0.3) is 0 Å². The number of hydrogen-bond acceptors (Lipinski definition) is 4. The van der Waals surface area contributed by atoms with Crippen LogP contribution in [0.1, 0.15) is 38.5 Å². The van der Waals surface area contributed by atoms with Gasteiger partial charge in [0.1, 0.15) is 6.61 Å². The van der Waals surface area contributed by atoms with Gasteiger partial charge in [0.2, 0.25) is 0 Å². The first kappa shape index (κ1) is 14.0. The summed E-state index contributed by atoms with van der Waals surface area (Å²) in [4.78, 5) is 5.11. The maximum Gasteiger partial charge on any atom is 0.179 e. The Morgan fingerprint density at radius 2 is 2.24 bits per heavy atom. The number of rotatable bonds is 8. The monoisotopic (exact) mass is 254 g/mol. The number of ether oxygens (including phenoxy) is 1. The van der Waals surface area contributed by atoms with E-state index in [1.54, 1.807) is 16.8 Å². The Balaban J connectivity index is 2.16. The second kappa shape index (κ2) is 7.33. The average molecular weight is 254 g/mol. The van der Waals surface area contributed by atoms with E-state index in [9.17, 15) is 0 Å². The predicted molar refractivity (Wildman–Crippen MR) is 72.7 cm³/mol. The lowest BCUT2D eigenvalue weighted by molar-refractivity contribution is 0.173. The van der Waals surface area contributed by atoms with E-state index in [1.807, 2.05) is 6.20 Å². The van der Waals surface area contributed by atoms with Gasteiger partial charge >= 0.3 is 0 Å². The van der Waals surface area contributed by atoms with E-state index in [-0.39, 0.29) is 0 Å². The summed E-state index contributed by atoms with van der Waals surface area (Å²) in [6.45, 7) is 11.1. The Labute approximate surface area is 108 Å². The molecule has 17 heavy (non-hydrogen) atoms. The van der Waals surface area contributed by atoms with Gasteiger partial charge in [-0.2, -0.15) is 0 Å². The van der Waals surface area contributed by atoms with Crippen LogP contribution in [-0.4, -0.2) is 11.0 Å². The largest absolute Gasteiger partial charge is 0.474 e. The van der Waals surface area contributed by atoms with E-state index in [0.29, 0.717) is 18.5 Å². The molecule has 0 amide bonds. The first-order chi connectivity index (χ1) is 8.08. The minimum absolute atomic E-state index is 0.409. The molecule has 0 aliphatic heterocycles. The van der Waals surface area contributed by atoms with Crippen LogP contribution in [0.2, 0.25) is 0 Å². The molecule has 0 unspecified atom stereocenters. The van der Waals surface area contributed by atoms with Gasteiger partial charge in [-0.1, -0.05) is 13.8 Å². The summed E-state index contributed by atoms with van der Waals surface area (Å²) in [5, 5.41) is 3.27. The molecule has 0 fully saturated rings. The fourth-order valence-electron chi connectivity index (χ4n) is 1.44. The SMILES string of the molecule is C=C(N[C@@H](C)CCC(C)C)OCc1cncs1. The third-order valence-electron chi connectivity index (χ3n) is 2.46. The van der Waals surface area contributed by atoms with Crippen LogP contribution in [0.25, 0.3) is 0 Å². The van der Waals surface area contributed by atoms with E-state index in [4.69, 9.17) is 4.74 Å². The maximum atomic E-state index is 5.53. The molecule has 0 aliphatic rings. The lowest BCUT2D eigenvalue weighted by Crippen LogP contribution is -2.26. The standard InChI is InChI=1S/C13H22N2OS/c1-10(2)5-6-11(3)15-12(4)16-8-13-7-14-9-17-13/h7,9-11,15H,4-6,8H2,1-3H3/t11-/m0/s1. The van der Waals surface area contributed by atoms with Gasteiger partial charge in [-0.15, -0.1) is 11.3 Å². The second-order valence-electron chi connectivity index (χ2n) is 4.70. The maximum absolute atomic E-state index is 5.53. The molecule has 0 aromatic carbocycles. The number of aromatic nitrogens is 1. The Morgan fingerprint density at radius 3 is 2.82 bits per heavy atom. The summed E-state index contributed by atoms with van der Waals surface area (Å²) < 4.78 is 5.53. The van der Waals surface area contributed by atoms with E-state index in [2.05, 4.69) is 37.7 Å². The summed E-state index contributed by atoms with van der Waals surface area (Å²) in [6.07, 6.45) is 4.18. The highest BCUT2D eigenvalue weighted by Crippen LogP contribution is 2.10. The predicted octanol–water partition coefficient (Wildman–Crippen LogP) is 3.55. The molecule has 1 heterocycles. The van der Waals surface area contributed by atoms with Crippen LogP contribution in [-0.2, 0) is 11.3 Å². The third-order valence-corrected chi connectivity index (χ3v) is 3.21. The topological polar surface area (TPSA) is 34.1 Å². The fourth-order valence-corrected chi connectivity index (χ4v) is 1.95. The Kier molecular flexibility index (Phi) is 6.05. The van der Waals surface area contributed by atoms with Crippen molar-refractivity contribution in [2.24, 2.45) is 5.92 Å². The summed E-state index contributed by atoms with van der Waals surface area (Å²) in [5.41, 5.74) is 1.81. The highest BCUT2D eigenvalue weighted by molar-refractivity contribution is 7.09. The van der Waals surface area contributed by atoms with Crippen LogP contribution in [0.3, 0.4) is 0 Å². The Morgan fingerprint density at radius 1 is 1.47 bits per heavy atom. The number of hydrogen-bond donors (Lipinski definition) is 1. The van der Waals surface area contributed by atoms with Crippen molar-refractivity contribution in [2.75, 3.05) is 0 Å². The molecule has 1 N–H and O–H groups in total. The van der Waals surface area contributed by atoms with Crippen LogP contribution in [0.5, 0.6) is 0 Å². The molecular formula is C13H22N2OS. The highest BCUT2D eigenvalue weighted by atomic mass is 32.1. The smallest absolute Gasteiger partial charge is 0.179 e. The van der Waals surface area contributed by atoms with Gasteiger partial charge < -0.3 is 10.1 Å². The van der Waals surface area contributed by atoms with E-state index < -0.39 is 0 Å². The molecule has 0 saturated heterocycles. The molecule has 3 nitrogen and oxygen atoms in total. The summed E-state index contributed by atoms with van der Waals surface area (Å²) in [6, 6.07) is 0.409. The Bertz CT molecular complexity index is 322. The van der Waals surface area contributed by atoms with E-state index in [1.165, 1.54) is 6.42 Å². The number of thiazole rings is 1. The number of nitrogens with zero attached hydrogens (tertiary/aromatic N) is 1. The summed E-state index contributed by atoms with van der Waals surface area (Å²) in [7, 11) is 0. The average Bonchev–Trinajstić information content (AvgIpc) is 2.76. The van der Waals surface area contributed by atoms with Gasteiger partial charge in [-0.25, -0.2) is 0 Å². The van der Waals surface area contributed by atoms with Crippen molar-refractivity contribution < 1.29 is 4.74 Å². The van der Waals surface area contributed by atoms with E-state index >= 15 is 0 Å². The first-order valence-corrected chi connectivity index (χ1v) is 6.91. The van der Waals surface area contributed by atoms with Crippen molar-refractivity contribution >= 4 is 11.3 Å². The summed E-state index contributed by atoms with van der Waals surface area (Å²) >= 11 is 1.59. The van der Waals surface area contributed by atoms with E-state index in [0.717, 1.165) is 17.2 Å². The lowest BCUT2D eigenvalue weighted by Gasteiger charge is -2.18. The molecule has 0 radical (unpaired) electrons. The van der Waals surface area contributed by atoms with Crippen LogP contribution in [0.15, 0.2) is 24.2 Å². The number of nitrogens with one attached hydrogen (secondary N) is 1. The van der Waals surface area contributed by atoms with Gasteiger partial charge in [-0.05, 0) is 32.3 Å². The summed E-state index contributed by atoms with van der Waals surface area (Å²) in [5.74, 6) is 1.39. The van der Waals surface area contributed by atoms with Crippen LogP contribution >= 0.6 is 11.3 Å². The second-order valence-corrected chi connectivity index (χ2v) is 5.67. The molecule has 1 aromatic heterocycles. The molecule has 1 atom stereocenters. The fraction of sp³-hybridized carbons (Fsp3) is 0.615. The van der Waals surface area contributed by atoms with Crippen molar-refractivity contribution in [3.8, 4) is 0 Å². The van der Waals surface area contributed by atoms with Crippen LogP contribution in [0.4, 0.5) is 0 Å². The van der Waals surface area contributed by atoms with Crippen molar-refractivity contribution in [3.63, 3.8) is 0 Å². The van der Waals surface area contributed by atoms with Gasteiger partial charge in [0.15, 0.2) is 5.88 Å². The molecule has 0 aliphatic carbocycles. The highest BCUT2D eigenvalue weighted by Gasteiger charge is 2.05. The van der Waals surface area contributed by atoms with Gasteiger partial charge in [0, 0.05) is 12.2 Å². The molecule has 4 heteroatoms. The van der Waals surface area contributed by atoms with Crippen molar-refractivity contribution in [3.05, 3.63) is 29.0 Å². The molecule has 96 valence electrons. The van der Waals surface area contributed by atoms with Gasteiger partial charge in [0.05, 0.1) is 10.4 Å². The van der Waals surface area contributed by atoms with Crippen LogP contribution < -0.4 is 5.32 Å². The van der Waals surface area contributed by atoms with Crippen molar-refractivity contribution in [1.29, 1.82) is 0 Å². The molecule has 0 saturated carbocycles. The molecule has 0 bridgehead atoms. The van der Waals surface area contributed by atoms with Gasteiger partial charge in [-0.3, -0.25) is 4.98 Å². The minimum Gasteiger partial charge on any atom is -0.474 e. The Hall–Kier alpha value is -1.03. The molecular weight excluding hydrogens is 232 g/mol. The quantitative estimate of drug-likeness (QED) is 0.720. The lowest BCUT2D eigenvalue weighted by atomic mass is 10.0. The van der Waals surface area contributed by atoms with Crippen LogP contribution in [0, 0.1) is 5.92 Å². The molecule has 1 aromatic rings. The third kappa shape index (κ3) is 6.31. The zero-order valence-electron chi connectivity index (χ0n) is 10.9. The van der Waals surface area contributed by atoms with Crippen molar-refractivity contribution in [2.45, 2.75) is 46.3 Å².